The van der Waals surface area contributed by atoms with Crippen molar-refractivity contribution >= 4 is 22.9 Å². The van der Waals surface area contributed by atoms with Crippen LogP contribution in [0.5, 0.6) is 10.9 Å². The van der Waals surface area contributed by atoms with E-state index in [0.717, 1.165) is 0 Å². The SMILES string of the molecule is Cn1cc(Oc2nc(Cl)c(CO)s2)cn1. The number of hydrogen-bond donors (Lipinski definition) is 1. The molecule has 2 rings (SSSR count). The van der Waals surface area contributed by atoms with Gasteiger partial charge in [-0.05, 0) is 0 Å². The third-order valence-corrected chi connectivity index (χ3v) is 3.00. The van der Waals surface area contributed by atoms with Gasteiger partial charge in [0.2, 0.25) is 0 Å². The van der Waals surface area contributed by atoms with Gasteiger partial charge >= 0.3 is 0 Å². The van der Waals surface area contributed by atoms with Gasteiger partial charge in [0.25, 0.3) is 5.19 Å². The lowest BCUT2D eigenvalue weighted by Gasteiger charge is -1.94. The van der Waals surface area contributed by atoms with Crippen molar-refractivity contribution in [3.63, 3.8) is 0 Å². The summed E-state index contributed by atoms with van der Waals surface area (Å²) in [4.78, 5) is 4.54. The van der Waals surface area contributed by atoms with E-state index in [4.69, 9.17) is 21.4 Å². The van der Waals surface area contributed by atoms with Gasteiger partial charge in [0.1, 0.15) is 5.15 Å². The second-order valence-corrected chi connectivity index (χ2v) is 4.21. The number of rotatable bonds is 3. The lowest BCUT2D eigenvalue weighted by Crippen LogP contribution is -1.84. The van der Waals surface area contributed by atoms with E-state index in [1.54, 1.807) is 24.1 Å². The average Bonchev–Trinajstić information content (AvgIpc) is 2.73. The van der Waals surface area contributed by atoms with Crippen molar-refractivity contribution in [2.24, 2.45) is 7.05 Å². The number of aryl methyl sites for hydroxylation is 1. The summed E-state index contributed by atoms with van der Waals surface area (Å²) in [6, 6.07) is 0. The predicted octanol–water partition coefficient (Wildman–Crippen LogP) is 1.81. The molecular formula is C8H8ClN3O2S. The van der Waals surface area contributed by atoms with Crippen LogP contribution in [0.1, 0.15) is 4.88 Å². The van der Waals surface area contributed by atoms with Gasteiger partial charge in [0, 0.05) is 7.05 Å². The van der Waals surface area contributed by atoms with Crippen molar-refractivity contribution in [3.8, 4) is 10.9 Å². The Balaban J connectivity index is 2.17. The fraction of sp³-hybridized carbons (Fsp3) is 0.250. The van der Waals surface area contributed by atoms with Gasteiger partial charge in [0.05, 0.1) is 23.9 Å². The minimum absolute atomic E-state index is 0.132. The summed E-state index contributed by atoms with van der Waals surface area (Å²) in [5.74, 6) is 0.590. The van der Waals surface area contributed by atoms with Gasteiger partial charge in [-0.1, -0.05) is 22.9 Å². The highest BCUT2D eigenvalue weighted by Crippen LogP contribution is 2.31. The molecule has 0 spiro atoms. The Morgan fingerprint density at radius 3 is 3.00 bits per heavy atom. The molecule has 0 aliphatic rings. The van der Waals surface area contributed by atoms with Crippen molar-refractivity contribution < 1.29 is 9.84 Å². The molecule has 2 aromatic heterocycles. The molecule has 0 aliphatic heterocycles. The Hall–Kier alpha value is -1.11. The van der Waals surface area contributed by atoms with E-state index in [1.165, 1.54) is 11.3 Å². The second kappa shape index (κ2) is 4.18. The molecule has 0 bridgehead atoms. The van der Waals surface area contributed by atoms with Crippen LogP contribution in [-0.4, -0.2) is 19.9 Å². The van der Waals surface area contributed by atoms with Crippen LogP contribution in [0.2, 0.25) is 5.15 Å². The number of hydrogen-bond acceptors (Lipinski definition) is 5. The van der Waals surface area contributed by atoms with Crippen molar-refractivity contribution in [2.75, 3.05) is 0 Å². The minimum Gasteiger partial charge on any atom is -0.427 e. The van der Waals surface area contributed by atoms with Crippen LogP contribution in [-0.2, 0) is 13.7 Å². The van der Waals surface area contributed by atoms with Crippen molar-refractivity contribution in [2.45, 2.75) is 6.61 Å². The topological polar surface area (TPSA) is 60.2 Å². The van der Waals surface area contributed by atoms with Crippen molar-refractivity contribution in [1.82, 2.24) is 14.8 Å². The number of aromatic nitrogens is 3. The molecule has 2 aromatic rings. The number of nitrogens with zero attached hydrogens (tertiary/aromatic N) is 3. The van der Waals surface area contributed by atoms with Crippen LogP contribution < -0.4 is 4.74 Å². The van der Waals surface area contributed by atoms with E-state index in [9.17, 15) is 0 Å². The summed E-state index contributed by atoms with van der Waals surface area (Å²) < 4.78 is 7.01. The molecule has 0 aliphatic carbocycles. The third kappa shape index (κ3) is 2.28. The first-order valence-corrected chi connectivity index (χ1v) is 5.31. The Morgan fingerprint density at radius 1 is 1.67 bits per heavy atom. The van der Waals surface area contributed by atoms with Crippen LogP contribution in [0.4, 0.5) is 0 Å². The zero-order chi connectivity index (χ0) is 10.8. The summed E-state index contributed by atoms with van der Waals surface area (Å²) in [7, 11) is 1.79. The number of halogens is 1. The van der Waals surface area contributed by atoms with Gasteiger partial charge in [-0.3, -0.25) is 4.68 Å². The summed E-state index contributed by atoms with van der Waals surface area (Å²) in [6.07, 6.45) is 3.29. The quantitative estimate of drug-likeness (QED) is 0.896. The standard InChI is InChI=1S/C8H8ClN3O2S/c1-12-3-5(2-10-12)14-8-11-7(9)6(4-13)15-8/h2-3,13H,4H2,1H3. The first-order chi connectivity index (χ1) is 7.19. The second-order valence-electron chi connectivity index (χ2n) is 2.80. The van der Waals surface area contributed by atoms with E-state index >= 15 is 0 Å². The maximum atomic E-state index is 8.92. The van der Waals surface area contributed by atoms with E-state index in [-0.39, 0.29) is 11.8 Å². The number of ether oxygens (including phenoxy) is 1. The molecule has 7 heteroatoms. The Labute approximate surface area is 94.9 Å². The van der Waals surface area contributed by atoms with E-state index in [2.05, 4.69) is 10.1 Å². The highest BCUT2D eigenvalue weighted by Gasteiger charge is 2.10. The average molecular weight is 246 g/mol. The molecule has 0 atom stereocenters. The molecule has 80 valence electrons. The lowest BCUT2D eigenvalue weighted by molar-refractivity contribution is 0.285. The zero-order valence-corrected chi connectivity index (χ0v) is 9.42. The summed E-state index contributed by atoms with van der Waals surface area (Å²) in [5, 5.41) is 13.5. The maximum Gasteiger partial charge on any atom is 0.280 e. The van der Waals surface area contributed by atoms with Crippen LogP contribution >= 0.6 is 22.9 Å². The molecule has 0 unspecified atom stereocenters. The van der Waals surface area contributed by atoms with E-state index in [0.29, 0.717) is 15.8 Å². The first kappa shape index (κ1) is 10.4. The molecule has 0 amide bonds. The van der Waals surface area contributed by atoms with Gasteiger partial charge in [-0.25, -0.2) is 0 Å². The van der Waals surface area contributed by atoms with Crippen molar-refractivity contribution in [3.05, 3.63) is 22.4 Å². The van der Waals surface area contributed by atoms with Gasteiger partial charge in [0.15, 0.2) is 5.75 Å². The summed E-state index contributed by atoms with van der Waals surface area (Å²) >= 11 is 6.97. The van der Waals surface area contributed by atoms with Gasteiger partial charge in [-0.15, -0.1) is 0 Å². The third-order valence-electron chi connectivity index (χ3n) is 1.66. The zero-order valence-electron chi connectivity index (χ0n) is 7.85. The normalized spacial score (nSPS) is 10.6. The van der Waals surface area contributed by atoms with Crippen LogP contribution in [0.25, 0.3) is 0 Å². The summed E-state index contributed by atoms with van der Waals surface area (Å²) in [6.45, 7) is -0.132. The number of thiazole rings is 1. The molecule has 0 fully saturated rings. The lowest BCUT2D eigenvalue weighted by atomic mass is 10.6. The predicted molar refractivity (Wildman–Crippen MR) is 56.3 cm³/mol. The Kier molecular flexibility index (Phi) is 2.90. The number of aliphatic hydroxyl groups is 1. The molecule has 0 radical (unpaired) electrons. The monoisotopic (exact) mass is 245 g/mol. The molecule has 0 aromatic carbocycles. The minimum atomic E-state index is -0.132. The van der Waals surface area contributed by atoms with Gasteiger partial charge < -0.3 is 9.84 Å². The highest BCUT2D eigenvalue weighted by atomic mass is 35.5. The van der Waals surface area contributed by atoms with Crippen LogP contribution in [0, 0.1) is 0 Å². The molecule has 1 N–H and O–H groups in total. The Bertz CT molecular complexity index is 468. The van der Waals surface area contributed by atoms with Gasteiger partial charge in [-0.2, -0.15) is 10.1 Å². The van der Waals surface area contributed by atoms with E-state index < -0.39 is 0 Å². The van der Waals surface area contributed by atoms with Crippen LogP contribution in [0.15, 0.2) is 12.4 Å². The fourth-order valence-electron chi connectivity index (χ4n) is 1.01. The Morgan fingerprint density at radius 2 is 2.47 bits per heavy atom. The van der Waals surface area contributed by atoms with Crippen molar-refractivity contribution in [1.29, 1.82) is 0 Å². The molecule has 15 heavy (non-hydrogen) atoms. The number of aliphatic hydroxyl groups excluding tert-OH is 1. The summed E-state index contributed by atoms with van der Waals surface area (Å²) in [5.41, 5.74) is 0. The molecule has 2 heterocycles. The fourth-order valence-corrected chi connectivity index (χ4v) is 1.99. The molecule has 5 nitrogen and oxygen atoms in total. The highest BCUT2D eigenvalue weighted by molar-refractivity contribution is 7.13. The van der Waals surface area contributed by atoms with Crippen LogP contribution in [0.3, 0.4) is 0 Å². The maximum absolute atomic E-state index is 8.92. The molecule has 0 saturated carbocycles. The molecular weight excluding hydrogens is 238 g/mol. The van der Waals surface area contributed by atoms with E-state index in [1.807, 2.05) is 0 Å². The smallest absolute Gasteiger partial charge is 0.280 e. The largest absolute Gasteiger partial charge is 0.427 e. The first-order valence-electron chi connectivity index (χ1n) is 4.11. The molecule has 0 saturated heterocycles.